The summed E-state index contributed by atoms with van der Waals surface area (Å²) in [5.41, 5.74) is 2.52. The van der Waals surface area contributed by atoms with Gasteiger partial charge in [-0.15, -0.1) is 10.2 Å². The third-order valence-corrected chi connectivity index (χ3v) is 5.44. The smallest absolute Gasteiger partial charge is 0.291 e. The number of hydrogen-bond acceptors (Lipinski definition) is 8. The lowest BCUT2D eigenvalue weighted by Crippen LogP contribution is -2.10. The number of ether oxygens (including phenoxy) is 2. The molecule has 0 fully saturated rings. The summed E-state index contributed by atoms with van der Waals surface area (Å²) in [6.45, 7) is 0. The predicted molar refractivity (Wildman–Crippen MR) is 131 cm³/mol. The number of nitrogens with zero attached hydrogens (tertiary/aromatic N) is 4. The van der Waals surface area contributed by atoms with E-state index in [1.165, 1.54) is 36.2 Å². The van der Waals surface area contributed by atoms with Crippen molar-refractivity contribution in [2.75, 3.05) is 19.5 Å². The molecule has 5 aromatic rings. The number of methoxy groups -OCH3 is 2. The van der Waals surface area contributed by atoms with Gasteiger partial charge in [-0.3, -0.25) is 14.9 Å². The van der Waals surface area contributed by atoms with E-state index in [1.54, 1.807) is 31.4 Å². The molecule has 2 heterocycles. The summed E-state index contributed by atoms with van der Waals surface area (Å²) in [5.74, 6) is 0.737. The molecule has 0 saturated heterocycles. The molecule has 11 heteroatoms. The third-order valence-electron chi connectivity index (χ3n) is 5.44. The number of aromatic nitrogens is 3. The Labute approximate surface area is 204 Å². The summed E-state index contributed by atoms with van der Waals surface area (Å²) < 4.78 is 15.9. The van der Waals surface area contributed by atoms with E-state index >= 15 is 0 Å². The van der Waals surface area contributed by atoms with Crippen molar-refractivity contribution in [3.8, 4) is 28.5 Å². The van der Waals surface area contributed by atoms with Crippen LogP contribution in [0.25, 0.3) is 28.0 Å². The molecule has 11 nitrogen and oxygen atoms in total. The van der Waals surface area contributed by atoms with Crippen molar-refractivity contribution < 1.29 is 23.6 Å². The Morgan fingerprint density at radius 2 is 1.64 bits per heavy atom. The van der Waals surface area contributed by atoms with Gasteiger partial charge in [-0.05, 0) is 66.7 Å². The number of hydrogen-bond donors (Lipinski definition) is 1. The van der Waals surface area contributed by atoms with Crippen molar-refractivity contribution in [2.24, 2.45) is 0 Å². The lowest BCUT2D eigenvalue weighted by atomic mass is 10.1. The third kappa shape index (κ3) is 4.32. The molecule has 1 amide bonds. The van der Waals surface area contributed by atoms with Crippen molar-refractivity contribution in [3.63, 3.8) is 0 Å². The average molecular weight is 485 g/mol. The minimum Gasteiger partial charge on any atom is -0.497 e. The minimum absolute atomic E-state index is 0.00269. The highest BCUT2D eigenvalue weighted by Gasteiger charge is 2.21. The first-order valence-electron chi connectivity index (χ1n) is 10.7. The highest BCUT2D eigenvalue weighted by molar-refractivity contribution is 6.03. The Morgan fingerprint density at radius 3 is 2.36 bits per heavy atom. The number of nitro groups is 1. The van der Waals surface area contributed by atoms with Gasteiger partial charge in [0.15, 0.2) is 5.76 Å². The van der Waals surface area contributed by atoms with Crippen molar-refractivity contribution in [2.45, 2.75) is 0 Å². The number of anilines is 1. The van der Waals surface area contributed by atoms with Gasteiger partial charge in [-0.1, -0.05) is 0 Å². The highest BCUT2D eigenvalue weighted by Crippen LogP contribution is 2.34. The highest BCUT2D eigenvalue weighted by atomic mass is 16.6. The van der Waals surface area contributed by atoms with Crippen LogP contribution in [0.15, 0.2) is 77.2 Å². The van der Waals surface area contributed by atoms with Crippen molar-refractivity contribution in [1.29, 1.82) is 0 Å². The maximum atomic E-state index is 12.8. The molecule has 36 heavy (non-hydrogen) atoms. The number of amides is 1. The predicted octanol–water partition coefficient (Wildman–Crippen LogP) is 4.86. The monoisotopic (exact) mass is 485 g/mol. The van der Waals surface area contributed by atoms with Crippen LogP contribution in [0, 0.1) is 10.1 Å². The molecule has 180 valence electrons. The average Bonchev–Trinajstić information content (AvgIpc) is 3.56. The number of rotatable bonds is 7. The second-order valence-corrected chi connectivity index (χ2v) is 7.65. The number of benzene rings is 3. The summed E-state index contributed by atoms with van der Waals surface area (Å²) >= 11 is 0. The second-order valence-electron chi connectivity index (χ2n) is 7.65. The molecule has 0 saturated carbocycles. The normalized spacial score (nSPS) is 10.8. The van der Waals surface area contributed by atoms with Crippen LogP contribution in [0.4, 0.5) is 11.4 Å². The van der Waals surface area contributed by atoms with Gasteiger partial charge in [0.1, 0.15) is 28.3 Å². The molecule has 0 atom stereocenters. The van der Waals surface area contributed by atoms with E-state index in [9.17, 15) is 14.9 Å². The van der Waals surface area contributed by atoms with Gasteiger partial charge in [0.2, 0.25) is 0 Å². The summed E-state index contributed by atoms with van der Waals surface area (Å²) in [6.07, 6.45) is 0. The van der Waals surface area contributed by atoms with Crippen LogP contribution in [-0.4, -0.2) is 40.0 Å². The second kappa shape index (κ2) is 9.22. The van der Waals surface area contributed by atoms with E-state index < -0.39 is 10.8 Å². The zero-order valence-electron chi connectivity index (χ0n) is 19.2. The zero-order valence-corrected chi connectivity index (χ0v) is 19.2. The molecule has 0 aliphatic heterocycles. The van der Waals surface area contributed by atoms with Gasteiger partial charge < -0.3 is 19.2 Å². The number of nitro benzene ring substituents is 1. The maximum absolute atomic E-state index is 12.8. The molecule has 0 spiro atoms. The molecule has 0 aliphatic rings. The molecule has 0 radical (unpaired) electrons. The standard InChI is InChI=1S/C25H19N5O6/c1-34-17-6-4-16(5-7-17)29-27-20-10-3-15(13-21(20)28-29)26-25(31)24-12-11-23(36-24)19-9-8-18(35-2)14-22(19)30(32)33/h3-14H,1-2H3,(H,26,31). The fourth-order valence-corrected chi connectivity index (χ4v) is 3.62. The Morgan fingerprint density at radius 1 is 0.917 bits per heavy atom. The zero-order chi connectivity index (χ0) is 25.2. The van der Waals surface area contributed by atoms with Gasteiger partial charge in [0.05, 0.1) is 36.5 Å². The largest absolute Gasteiger partial charge is 0.497 e. The SMILES string of the molecule is COc1ccc(-n2nc3ccc(NC(=O)c4ccc(-c5ccc(OC)cc5[N+](=O)[O-])o4)cc3n2)cc1. The molecule has 0 unspecified atom stereocenters. The molecule has 5 rings (SSSR count). The van der Waals surface area contributed by atoms with Crippen LogP contribution in [0.5, 0.6) is 11.5 Å². The van der Waals surface area contributed by atoms with Crippen LogP contribution < -0.4 is 14.8 Å². The quantitative estimate of drug-likeness (QED) is 0.255. The van der Waals surface area contributed by atoms with Crippen LogP contribution >= 0.6 is 0 Å². The van der Waals surface area contributed by atoms with Gasteiger partial charge >= 0.3 is 0 Å². The molecular formula is C25H19N5O6. The number of carbonyl (C=O) groups excluding carboxylic acids is 1. The van der Waals surface area contributed by atoms with Crippen molar-refractivity contribution >= 4 is 28.3 Å². The number of carbonyl (C=O) groups is 1. The van der Waals surface area contributed by atoms with Crippen molar-refractivity contribution in [3.05, 3.63) is 88.7 Å². The van der Waals surface area contributed by atoms with Gasteiger partial charge in [-0.25, -0.2) is 0 Å². The molecule has 3 aromatic carbocycles. The Bertz CT molecular complexity index is 1590. The van der Waals surface area contributed by atoms with E-state index in [0.717, 1.165) is 11.4 Å². The Hall–Kier alpha value is -5.19. The van der Waals surface area contributed by atoms with E-state index in [2.05, 4.69) is 15.5 Å². The molecule has 0 bridgehead atoms. The Kier molecular flexibility index (Phi) is 5.79. The van der Waals surface area contributed by atoms with Crippen molar-refractivity contribution in [1.82, 2.24) is 15.0 Å². The summed E-state index contributed by atoms with van der Waals surface area (Å²) in [5, 5.41) is 23.2. The minimum atomic E-state index is -0.533. The fraction of sp³-hybridized carbons (Fsp3) is 0.0800. The summed E-state index contributed by atoms with van der Waals surface area (Å²) in [7, 11) is 3.02. The van der Waals surface area contributed by atoms with Crippen LogP contribution in [0.2, 0.25) is 0 Å². The van der Waals surface area contributed by atoms with Gasteiger partial charge in [0.25, 0.3) is 11.6 Å². The Balaban J connectivity index is 1.36. The molecule has 2 aromatic heterocycles. The van der Waals surface area contributed by atoms with Gasteiger partial charge in [0, 0.05) is 5.69 Å². The number of furan rings is 1. The van der Waals surface area contributed by atoms with E-state index in [-0.39, 0.29) is 22.8 Å². The van der Waals surface area contributed by atoms with E-state index in [4.69, 9.17) is 13.9 Å². The first kappa shape index (κ1) is 22.6. The van der Waals surface area contributed by atoms with E-state index in [0.29, 0.717) is 22.5 Å². The first-order chi connectivity index (χ1) is 17.4. The van der Waals surface area contributed by atoms with Crippen LogP contribution in [0.3, 0.4) is 0 Å². The molecule has 0 aliphatic carbocycles. The number of nitrogens with one attached hydrogen (secondary N) is 1. The van der Waals surface area contributed by atoms with Crippen LogP contribution in [0.1, 0.15) is 10.6 Å². The molecule has 1 N–H and O–H groups in total. The fourth-order valence-electron chi connectivity index (χ4n) is 3.62. The van der Waals surface area contributed by atoms with Crippen LogP contribution in [-0.2, 0) is 0 Å². The maximum Gasteiger partial charge on any atom is 0.291 e. The lowest BCUT2D eigenvalue weighted by molar-refractivity contribution is -0.384. The van der Waals surface area contributed by atoms with E-state index in [1.807, 2.05) is 24.3 Å². The summed E-state index contributed by atoms with van der Waals surface area (Å²) in [6, 6.07) is 19.8. The summed E-state index contributed by atoms with van der Waals surface area (Å²) in [4.78, 5) is 25.2. The first-order valence-corrected chi connectivity index (χ1v) is 10.7. The molecular weight excluding hydrogens is 466 g/mol. The number of fused-ring (bicyclic) bond motifs is 1. The van der Waals surface area contributed by atoms with Gasteiger partial charge in [-0.2, -0.15) is 4.80 Å². The lowest BCUT2D eigenvalue weighted by Gasteiger charge is -2.04. The topological polar surface area (TPSA) is 135 Å².